The van der Waals surface area contributed by atoms with Gasteiger partial charge in [-0.25, -0.2) is 0 Å². The Morgan fingerprint density at radius 3 is 2.60 bits per heavy atom. The summed E-state index contributed by atoms with van der Waals surface area (Å²) in [6.07, 6.45) is 4.96. The third-order valence-corrected chi connectivity index (χ3v) is 1.28. The fourth-order valence-corrected chi connectivity index (χ4v) is 0.694. The second kappa shape index (κ2) is 4.98. The molecule has 0 amide bonds. The Morgan fingerprint density at radius 2 is 2.20 bits per heavy atom. The topological polar surface area (TPSA) is 17.1 Å². The van der Waals surface area contributed by atoms with Crippen LogP contribution in [0.15, 0.2) is 24.3 Å². The van der Waals surface area contributed by atoms with Crippen LogP contribution in [0.3, 0.4) is 0 Å². The maximum absolute atomic E-state index is 11.0. The lowest BCUT2D eigenvalue weighted by molar-refractivity contribution is -0.115. The molecule has 0 N–H and O–H groups in total. The molecule has 0 aliphatic heterocycles. The summed E-state index contributed by atoms with van der Waals surface area (Å²) in [4.78, 5) is 11.0. The zero-order valence-corrected chi connectivity index (χ0v) is 6.68. The number of carbonyl (C=O) groups is 1. The lowest BCUT2D eigenvalue weighted by atomic mass is 10.1. The van der Waals surface area contributed by atoms with E-state index in [0.717, 1.165) is 12.0 Å². The van der Waals surface area contributed by atoms with Gasteiger partial charge in [-0.1, -0.05) is 25.7 Å². The summed E-state index contributed by atoms with van der Waals surface area (Å²) >= 11 is 0. The van der Waals surface area contributed by atoms with Gasteiger partial charge in [-0.15, -0.1) is 0 Å². The SMILES string of the molecule is C=C/C=C(\C)C(=O)CCC. The van der Waals surface area contributed by atoms with E-state index >= 15 is 0 Å². The molecule has 0 spiro atoms. The monoisotopic (exact) mass is 138 g/mol. The van der Waals surface area contributed by atoms with Crippen LogP contribution < -0.4 is 0 Å². The van der Waals surface area contributed by atoms with Gasteiger partial charge in [-0.3, -0.25) is 4.79 Å². The minimum absolute atomic E-state index is 0.224. The van der Waals surface area contributed by atoms with Gasteiger partial charge in [0.1, 0.15) is 0 Å². The van der Waals surface area contributed by atoms with Crippen LogP contribution >= 0.6 is 0 Å². The van der Waals surface area contributed by atoms with Crippen LogP contribution in [0.2, 0.25) is 0 Å². The van der Waals surface area contributed by atoms with Crippen molar-refractivity contribution in [3.05, 3.63) is 24.3 Å². The Bertz CT molecular complexity index is 154. The summed E-state index contributed by atoms with van der Waals surface area (Å²) in [6, 6.07) is 0. The Balaban J connectivity index is 3.93. The van der Waals surface area contributed by atoms with Gasteiger partial charge < -0.3 is 0 Å². The van der Waals surface area contributed by atoms with Crippen molar-refractivity contribution in [2.45, 2.75) is 26.7 Å². The van der Waals surface area contributed by atoms with Crippen LogP contribution in [-0.4, -0.2) is 5.78 Å². The van der Waals surface area contributed by atoms with Crippen molar-refractivity contribution < 1.29 is 4.79 Å². The van der Waals surface area contributed by atoms with E-state index in [1.807, 2.05) is 13.8 Å². The van der Waals surface area contributed by atoms with E-state index in [9.17, 15) is 4.79 Å². The molecule has 0 heterocycles. The summed E-state index contributed by atoms with van der Waals surface area (Å²) in [7, 11) is 0. The van der Waals surface area contributed by atoms with Crippen LogP contribution in [0.1, 0.15) is 26.7 Å². The molecule has 0 aromatic heterocycles. The highest BCUT2D eigenvalue weighted by atomic mass is 16.1. The largest absolute Gasteiger partial charge is 0.295 e. The van der Waals surface area contributed by atoms with E-state index in [1.54, 1.807) is 12.2 Å². The molecule has 1 nitrogen and oxygen atoms in total. The van der Waals surface area contributed by atoms with Crippen molar-refractivity contribution in [2.75, 3.05) is 0 Å². The zero-order valence-electron chi connectivity index (χ0n) is 6.68. The molecule has 0 radical (unpaired) electrons. The number of allylic oxidation sites excluding steroid dienone is 3. The molecule has 0 aliphatic carbocycles. The van der Waals surface area contributed by atoms with Crippen molar-refractivity contribution >= 4 is 5.78 Å². The molecule has 10 heavy (non-hydrogen) atoms. The van der Waals surface area contributed by atoms with Crippen LogP contribution in [0.4, 0.5) is 0 Å². The molecule has 0 saturated heterocycles. The van der Waals surface area contributed by atoms with Crippen molar-refractivity contribution in [3.63, 3.8) is 0 Å². The Morgan fingerprint density at radius 1 is 1.60 bits per heavy atom. The minimum atomic E-state index is 0.224. The van der Waals surface area contributed by atoms with Crippen molar-refractivity contribution in [1.29, 1.82) is 0 Å². The van der Waals surface area contributed by atoms with Gasteiger partial charge in [0.25, 0.3) is 0 Å². The Kier molecular flexibility index (Phi) is 4.55. The number of carbonyl (C=O) groups excluding carboxylic acids is 1. The number of hydrogen-bond acceptors (Lipinski definition) is 1. The highest BCUT2D eigenvalue weighted by Crippen LogP contribution is 2.00. The van der Waals surface area contributed by atoms with Gasteiger partial charge in [0, 0.05) is 6.42 Å². The van der Waals surface area contributed by atoms with Crippen molar-refractivity contribution in [3.8, 4) is 0 Å². The quantitative estimate of drug-likeness (QED) is 0.431. The first-order valence-corrected chi connectivity index (χ1v) is 3.55. The van der Waals surface area contributed by atoms with E-state index in [2.05, 4.69) is 6.58 Å². The first-order chi connectivity index (χ1) is 4.72. The molecular formula is C9H14O. The second-order valence-corrected chi connectivity index (χ2v) is 2.26. The molecule has 0 fully saturated rings. The molecule has 56 valence electrons. The predicted molar refractivity (Wildman–Crippen MR) is 43.9 cm³/mol. The first kappa shape index (κ1) is 9.15. The van der Waals surface area contributed by atoms with E-state index < -0.39 is 0 Å². The highest BCUT2D eigenvalue weighted by molar-refractivity contribution is 5.94. The molecule has 0 aliphatic rings. The van der Waals surface area contributed by atoms with Gasteiger partial charge >= 0.3 is 0 Å². The van der Waals surface area contributed by atoms with E-state index in [0.29, 0.717) is 6.42 Å². The van der Waals surface area contributed by atoms with Gasteiger partial charge in [0.2, 0.25) is 0 Å². The van der Waals surface area contributed by atoms with E-state index in [-0.39, 0.29) is 5.78 Å². The summed E-state index contributed by atoms with van der Waals surface area (Å²) in [5.74, 6) is 0.224. The van der Waals surface area contributed by atoms with Gasteiger partial charge in [0.05, 0.1) is 0 Å². The fourth-order valence-electron chi connectivity index (χ4n) is 0.694. The lowest BCUT2D eigenvalue weighted by Gasteiger charge is -1.94. The van der Waals surface area contributed by atoms with E-state index in [4.69, 9.17) is 0 Å². The standard InChI is InChI=1S/C9H14O/c1-4-6-8(3)9(10)7-5-2/h4,6H,1,5,7H2,2-3H3/b8-6+. The fraction of sp³-hybridized carbons (Fsp3) is 0.444. The smallest absolute Gasteiger partial charge is 0.158 e. The molecule has 0 saturated carbocycles. The third kappa shape index (κ3) is 3.23. The highest BCUT2D eigenvalue weighted by Gasteiger charge is 1.99. The second-order valence-electron chi connectivity index (χ2n) is 2.26. The Labute approximate surface area is 62.4 Å². The van der Waals surface area contributed by atoms with Crippen LogP contribution in [-0.2, 0) is 4.79 Å². The average molecular weight is 138 g/mol. The average Bonchev–Trinajstić information content (AvgIpc) is 1.89. The summed E-state index contributed by atoms with van der Waals surface area (Å²) in [5.41, 5.74) is 0.803. The number of hydrogen-bond donors (Lipinski definition) is 0. The summed E-state index contributed by atoms with van der Waals surface area (Å²) < 4.78 is 0. The van der Waals surface area contributed by atoms with Crippen LogP contribution in [0.5, 0.6) is 0 Å². The Hall–Kier alpha value is -0.850. The minimum Gasteiger partial charge on any atom is -0.295 e. The zero-order chi connectivity index (χ0) is 7.98. The van der Waals surface area contributed by atoms with Crippen LogP contribution in [0, 0.1) is 0 Å². The third-order valence-electron chi connectivity index (χ3n) is 1.28. The summed E-state index contributed by atoms with van der Waals surface area (Å²) in [5, 5.41) is 0. The molecule has 0 aromatic carbocycles. The van der Waals surface area contributed by atoms with Crippen molar-refractivity contribution in [1.82, 2.24) is 0 Å². The molecule has 1 heteroatoms. The van der Waals surface area contributed by atoms with Gasteiger partial charge in [-0.05, 0) is 18.9 Å². The lowest BCUT2D eigenvalue weighted by Crippen LogP contribution is -1.97. The normalized spacial score (nSPS) is 11.2. The number of rotatable bonds is 4. The predicted octanol–water partition coefficient (Wildman–Crippen LogP) is 2.49. The molecule has 0 aromatic rings. The van der Waals surface area contributed by atoms with Gasteiger partial charge in [-0.2, -0.15) is 0 Å². The molecule has 0 unspecified atom stereocenters. The molecule has 0 bridgehead atoms. The number of ketones is 1. The maximum Gasteiger partial charge on any atom is 0.158 e. The molecular weight excluding hydrogens is 124 g/mol. The van der Waals surface area contributed by atoms with Gasteiger partial charge in [0.15, 0.2) is 5.78 Å². The van der Waals surface area contributed by atoms with Crippen molar-refractivity contribution in [2.24, 2.45) is 0 Å². The maximum atomic E-state index is 11.0. The molecule has 0 atom stereocenters. The van der Waals surface area contributed by atoms with E-state index in [1.165, 1.54) is 0 Å². The summed E-state index contributed by atoms with van der Waals surface area (Å²) in [6.45, 7) is 7.33. The van der Waals surface area contributed by atoms with Crippen LogP contribution in [0.25, 0.3) is 0 Å². The molecule has 0 rings (SSSR count). The number of Topliss-reactive ketones (excluding diaryl/α,β-unsaturated/α-hetero) is 1. The first-order valence-electron chi connectivity index (χ1n) is 3.55.